The van der Waals surface area contributed by atoms with Gasteiger partial charge in [0.2, 0.25) is 5.28 Å². The maximum atomic E-state index is 11.3. The Kier molecular flexibility index (Phi) is 2.01. The van der Waals surface area contributed by atoms with Crippen LogP contribution in [-0.4, -0.2) is 26.2 Å². The highest BCUT2D eigenvalue weighted by molar-refractivity contribution is 7.98. The number of rotatable bonds is 1. The minimum Gasteiger partial charge on any atom is -0.323 e. The summed E-state index contributed by atoms with van der Waals surface area (Å²) >= 11 is 6.93. The monoisotopic (exact) mass is 216 g/mol. The van der Waals surface area contributed by atoms with Gasteiger partial charge in [-0.25, -0.2) is 4.98 Å². The van der Waals surface area contributed by atoms with E-state index >= 15 is 0 Å². The van der Waals surface area contributed by atoms with E-state index in [4.69, 9.17) is 11.6 Å². The molecule has 2 heterocycles. The van der Waals surface area contributed by atoms with Gasteiger partial charge in [-0.3, -0.25) is 9.78 Å². The van der Waals surface area contributed by atoms with E-state index in [1.807, 2.05) is 6.26 Å². The highest BCUT2D eigenvalue weighted by Crippen LogP contribution is 2.11. The Morgan fingerprint density at radius 2 is 2.15 bits per heavy atom. The molecule has 13 heavy (non-hydrogen) atoms. The van der Waals surface area contributed by atoms with Crippen LogP contribution in [0.15, 0.2) is 9.95 Å². The van der Waals surface area contributed by atoms with Crippen LogP contribution < -0.4 is 5.56 Å². The average Bonchev–Trinajstić information content (AvgIpc) is 2.46. The van der Waals surface area contributed by atoms with Gasteiger partial charge in [0.05, 0.1) is 0 Å². The summed E-state index contributed by atoms with van der Waals surface area (Å²) in [4.78, 5) is 24.4. The lowest BCUT2D eigenvalue weighted by atomic mass is 10.6. The number of halogens is 1. The number of nitrogens with one attached hydrogen (secondary N) is 2. The van der Waals surface area contributed by atoms with Crippen molar-refractivity contribution >= 4 is 34.5 Å². The molecule has 0 bridgehead atoms. The van der Waals surface area contributed by atoms with Crippen LogP contribution in [0.2, 0.25) is 5.28 Å². The first kappa shape index (κ1) is 8.58. The summed E-state index contributed by atoms with van der Waals surface area (Å²) in [5, 5.41) is 0.701. The fourth-order valence-corrected chi connectivity index (χ4v) is 1.50. The lowest BCUT2D eigenvalue weighted by Crippen LogP contribution is -2.08. The van der Waals surface area contributed by atoms with Gasteiger partial charge in [-0.1, -0.05) is 11.8 Å². The molecule has 0 spiro atoms. The van der Waals surface area contributed by atoms with Gasteiger partial charge in [0.25, 0.3) is 5.56 Å². The second-order valence-electron chi connectivity index (χ2n) is 2.30. The van der Waals surface area contributed by atoms with E-state index in [0.717, 1.165) is 0 Å². The van der Waals surface area contributed by atoms with E-state index in [2.05, 4.69) is 19.9 Å². The molecule has 0 fully saturated rings. The predicted molar refractivity (Wildman–Crippen MR) is 51.3 cm³/mol. The van der Waals surface area contributed by atoms with Gasteiger partial charge in [-0.05, 0) is 17.9 Å². The number of aromatic nitrogens is 4. The van der Waals surface area contributed by atoms with Crippen LogP contribution in [0.25, 0.3) is 11.2 Å². The smallest absolute Gasteiger partial charge is 0.277 e. The number of H-pyrrole nitrogens is 2. The first-order valence-corrected chi connectivity index (χ1v) is 5.00. The van der Waals surface area contributed by atoms with Crippen molar-refractivity contribution in [2.45, 2.75) is 5.16 Å². The lowest BCUT2D eigenvalue weighted by Gasteiger charge is -1.92. The van der Waals surface area contributed by atoms with Crippen molar-refractivity contribution in [3.8, 4) is 0 Å². The fourth-order valence-electron chi connectivity index (χ4n) is 0.956. The Morgan fingerprint density at radius 3 is 2.85 bits per heavy atom. The molecule has 0 saturated heterocycles. The van der Waals surface area contributed by atoms with Crippen molar-refractivity contribution in [1.29, 1.82) is 0 Å². The number of nitrogens with zero attached hydrogens (tertiary/aromatic N) is 2. The molecule has 0 aliphatic rings. The van der Waals surface area contributed by atoms with Crippen molar-refractivity contribution in [1.82, 2.24) is 19.9 Å². The van der Waals surface area contributed by atoms with Crippen molar-refractivity contribution < 1.29 is 0 Å². The third-order valence-electron chi connectivity index (χ3n) is 1.50. The van der Waals surface area contributed by atoms with Crippen LogP contribution in [0.1, 0.15) is 0 Å². The highest BCUT2D eigenvalue weighted by atomic mass is 35.5. The van der Waals surface area contributed by atoms with Crippen LogP contribution in [0.4, 0.5) is 0 Å². The molecule has 0 aromatic carbocycles. The third kappa shape index (κ3) is 1.42. The van der Waals surface area contributed by atoms with Gasteiger partial charge in [0.1, 0.15) is 0 Å². The second-order valence-corrected chi connectivity index (χ2v) is 3.45. The fraction of sp³-hybridized carbons (Fsp3) is 0.167. The number of hydrogen-bond donors (Lipinski definition) is 2. The zero-order valence-corrected chi connectivity index (χ0v) is 8.16. The Morgan fingerprint density at radius 1 is 1.38 bits per heavy atom. The predicted octanol–water partition coefficient (Wildman–Crippen LogP) is 1.02. The topological polar surface area (TPSA) is 74.4 Å². The van der Waals surface area contributed by atoms with Gasteiger partial charge in [0.15, 0.2) is 16.3 Å². The summed E-state index contributed by atoms with van der Waals surface area (Å²) in [6, 6.07) is 0. The average molecular weight is 217 g/mol. The van der Waals surface area contributed by atoms with E-state index < -0.39 is 0 Å². The van der Waals surface area contributed by atoms with E-state index in [1.54, 1.807) is 0 Å². The Hall–Kier alpha value is -1.01. The van der Waals surface area contributed by atoms with Gasteiger partial charge in [-0.15, -0.1) is 0 Å². The van der Waals surface area contributed by atoms with Crippen LogP contribution >= 0.6 is 23.4 Å². The zero-order chi connectivity index (χ0) is 9.42. The maximum absolute atomic E-state index is 11.3. The van der Waals surface area contributed by atoms with E-state index in [9.17, 15) is 4.79 Å². The molecule has 0 aliphatic carbocycles. The van der Waals surface area contributed by atoms with Crippen LogP contribution in [0.3, 0.4) is 0 Å². The molecular weight excluding hydrogens is 212 g/mol. The van der Waals surface area contributed by atoms with Gasteiger partial charge < -0.3 is 4.98 Å². The van der Waals surface area contributed by atoms with Gasteiger partial charge in [0, 0.05) is 0 Å². The summed E-state index contributed by atoms with van der Waals surface area (Å²) in [6.07, 6.45) is 1.82. The van der Waals surface area contributed by atoms with Crippen LogP contribution in [0, 0.1) is 0 Å². The number of aromatic amines is 2. The summed E-state index contributed by atoms with van der Waals surface area (Å²) in [5.74, 6) is 0. The number of hydrogen-bond acceptors (Lipinski definition) is 4. The molecular formula is C6H5ClN4OS. The molecule has 2 N–H and O–H groups in total. The lowest BCUT2D eigenvalue weighted by molar-refractivity contribution is 0.968. The van der Waals surface area contributed by atoms with Crippen molar-refractivity contribution in [2.24, 2.45) is 0 Å². The summed E-state index contributed by atoms with van der Waals surface area (Å²) in [7, 11) is 0. The summed E-state index contributed by atoms with van der Waals surface area (Å²) < 4.78 is 0. The molecule has 2 aromatic rings. The highest BCUT2D eigenvalue weighted by Gasteiger charge is 2.07. The first-order chi connectivity index (χ1) is 6.20. The SMILES string of the molecule is CSc1nc2nc(Cl)[nH]c2c(=O)[nH]1. The van der Waals surface area contributed by atoms with Gasteiger partial charge >= 0.3 is 0 Å². The minimum atomic E-state index is -0.256. The summed E-state index contributed by atoms with van der Waals surface area (Å²) in [5.41, 5.74) is 0.398. The molecule has 0 atom stereocenters. The molecule has 0 amide bonds. The molecule has 2 rings (SSSR count). The van der Waals surface area contributed by atoms with Crippen LogP contribution in [0.5, 0.6) is 0 Å². The molecule has 7 heteroatoms. The second kappa shape index (κ2) is 3.04. The van der Waals surface area contributed by atoms with E-state index in [-0.39, 0.29) is 10.8 Å². The van der Waals surface area contributed by atoms with Crippen LogP contribution in [-0.2, 0) is 0 Å². The normalized spacial score (nSPS) is 10.9. The molecule has 5 nitrogen and oxygen atoms in total. The Balaban J connectivity index is 2.83. The maximum Gasteiger partial charge on any atom is 0.277 e. The largest absolute Gasteiger partial charge is 0.323 e. The van der Waals surface area contributed by atoms with Crippen molar-refractivity contribution in [3.05, 3.63) is 15.6 Å². The third-order valence-corrected chi connectivity index (χ3v) is 2.26. The Bertz CT molecular complexity index is 505. The van der Waals surface area contributed by atoms with Crippen molar-refractivity contribution in [3.63, 3.8) is 0 Å². The minimum absolute atomic E-state index is 0.172. The summed E-state index contributed by atoms with van der Waals surface area (Å²) in [6.45, 7) is 0. The molecule has 0 saturated carbocycles. The van der Waals surface area contributed by atoms with Gasteiger partial charge in [-0.2, -0.15) is 4.98 Å². The molecule has 2 aromatic heterocycles. The number of imidazole rings is 1. The molecule has 0 radical (unpaired) electrons. The molecule has 0 aliphatic heterocycles. The number of thioether (sulfide) groups is 1. The quantitative estimate of drug-likeness (QED) is 0.424. The van der Waals surface area contributed by atoms with Crippen molar-refractivity contribution in [2.75, 3.05) is 6.26 Å². The molecule has 0 unspecified atom stereocenters. The first-order valence-electron chi connectivity index (χ1n) is 3.40. The standard InChI is InChI=1S/C6H5ClN4OS/c1-13-6-10-3-2(4(12)11-6)8-5(7)9-3/h1H3,(H2,8,9,10,11,12). The van der Waals surface area contributed by atoms with E-state index in [0.29, 0.717) is 16.3 Å². The van der Waals surface area contributed by atoms with E-state index in [1.165, 1.54) is 11.8 Å². The molecule has 68 valence electrons. The Labute approximate surface area is 81.9 Å². The zero-order valence-electron chi connectivity index (χ0n) is 6.59. The number of fused-ring (bicyclic) bond motifs is 1.